The Morgan fingerprint density at radius 3 is 2.88 bits per heavy atom. The van der Waals surface area contributed by atoms with Crippen molar-refractivity contribution in [3.05, 3.63) is 35.3 Å². The Bertz CT molecular complexity index is 543. The summed E-state index contributed by atoms with van der Waals surface area (Å²) in [6.45, 7) is 4.07. The molecule has 0 atom stereocenters. The first-order valence-corrected chi connectivity index (χ1v) is 5.23. The highest BCUT2D eigenvalue weighted by atomic mass is 16.5. The van der Waals surface area contributed by atoms with Crippen LogP contribution < -0.4 is 0 Å². The Morgan fingerprint density at radius 2 is 2.25 bits per heavy atom. The van der Waals surface area contributed by atoms with Gasteiger partial charge in [-0.3, -0.25) is 0 Å². The molecule has 0 amide bonds. The van der Waals surface area contributed by atoms with E-state index < -0.39 is 0 Å². The molecule has 0 aliphatic carbocycles. The number of fused-ring (bicyclic) bond motifs is 1. The highest BCUT2D eigenvalue weighted by Crippen LogP contribution is 2.14. The van der Waals surface area contributed by atoms with Gasteiger partial charge in [-0.25, -0.2) is 9.78 Å². The van der Waals surface area contributed by atoms with E-state index in [2.05, 4.69) is 16.6 Å². The Morgan fingerprint density at radius 1 is 1.50 bits per heavy atom. The number of nitrogens with zero attached hydrogens (tertiary/aromatic N) is 2. The number of esters is 1. The summed E-state index contributed by atoms with van der Waals surface area (Å²) in [5, 5.41) is 0. The monoisotopic (exact) mass is 218 g/mol. The molecule has 0 saturated carbocycles. The third-order valence-corrected chi connectivity index (χ3v) is 2.71. The van der Waals surface area contributed by atoms with Crippen LogP contribution in [0.5, 0.6) is 0 Å². The predicted molar refractivity (Wildman–Crippen MR) is 60.6 cm³/mol. The quantitative estimate of drug-likeness (QED) is 0.724. The standard InChI is InChI=1S/C12H14N2O2/c1-4-10-8(2)14-7-9(12(15)16-3)5-6-11(14)13-10/h5-7H,4H2,1-3H3. The molecule has 0 unspecified atom stereocenters. The lowest BCUT2D eigenvalue weighted by molar-refractivity contribution is 0.0600. The van der Waals surface area contributed by atoms with Gasteiger partial charge in [0, 0.05) is 11.9 Å². The second-order valence-corrected chi connectivity index (χ2v) is 3.64. The Balaban J connectivity index is 2.61. The lowest BCUT2D eigenvalue weighted by Gasteiger charge is -2.01. The summed E-state index contributed by atoms with van der Waals surface area (Å²) in [5.41, 5.74) is 3.53. The van der Waals surface area contributed by atoms with Crippen LogP contribution >= 0.6 is 0 Å². The van der Waals surface area contributed by atoms with Crippen LogP contribution in [0.3, 0.4) is 0 Å². The molecule has 0 spiro atoms. The molecule has 0 N–H and O–H groups in total. The molecule has 0 aliphatic rings. The molecule has 4 heteroatoms. The van der Waals surface area contributed by atoms with Crippen LogP contribution in [0.15, 0.2) is 18.3 Å². The number of carbonyl (C=O) groups excluding carboxylic acids is 1. The molecule has 0 radical (unpaired) electrons. The molecule has 84 valence electrons. The fourth-order valence-corrected chi connectivity index (χ4v) is 1.78. The summed E-state index contributed by atoms with van der Waals surface area (Å²) < 4.78 is 6.61. The van der Waals surface area contributed by atoms with Gasteiger partial charge in [0.25, 0.3) is 0 Å². The van der Waals surface area contributed by atoms with Gasteiger partial charge < -0.3 is 9.14 Å². The molecule has 0 fully saturated rings. The number of rotatable bonds is 2. The van der Waals surface area contributed by atoms with Crippen LogP contribution in [-0.4, -0.2) is 22.5 Å². The van der Waals surface area contributed by atoms with Crippen molar-refractivity contribution in [2.75, 3.05) is 7.11 Å². The number of carbonyl (C=O) groups is 1. The third-order valence-electron chi connectivity index (χ3n) is 2.71. The fraction of sp³-hybridized carbons (Fsp3) is 0.333. The minimum Gasteiger partial charge on any atom is -0.465 e. The highest BCUT2D eigenvalue weighted by molar-refractivity contribution is 5.89. The number of aryl methyl sites for hydroxylation is 2. The van der Waals surface area contributed by atoms with Crippen molar-refractivity contribution in [1.29, 1.82) is 0 Å². The topological polar surface area (TPSA) is 43.6 Å². The SMILES string of the molecule is CCc1nc2ccc(C(=O)OC)cn2c1C. The maximum atomic E-state index is 11.4. The van der Waals surface area contributed by atoms with Crippen molar-refractivity contribution in [2.24, 2.45) is 0 Å². The molecule has 2 rings (SSSR count). The van der Waals surface area contributed by atoms with Crippen molar-refractivity contribution in [3.8, 4) is 0 Å². The molecule has 4 nitrogen and oxygen atoms in total. The van der Waals surface area contributed by atoms with Gasteiger partial charge in [-0.1, -0.05) is 6.92 Å². The number of hydrogen-bond donors (Lipinski definition) is 0. The first kappa shape index (κ1) is 10.7. The summed E-state index contributed by atoms with van der Waals surface area (Å²) in [6.07, 6.45) is 2.66. The summed E-state index contributed by atoms with van der Waals surface area (Å²) in [5.74, 6) is -0.326. The zero-order chi connectivity index (χ0) is 11.7. The minimum atomic E-state index is -0.326. The van der Waals surface area contributed by atoms with E-state index >= 15 is 0 Å². The van der Waals surface area contributed by atoms with Crippen molar-refractivity contribution in [1.82, 2.24) is 9.38 Å². The average Bonchev–Trinajstić information content (AvgIpc) is 2.64. The van der Waals surface area contributed by atoms with Crippen molar-refractivity contribution in [2.45, 2.75) is 20.3 Å². The number of ether oxygens (including phenoxy) is 1. The average molecular weight is 218 g/mol. The Labute approximate surface area is 93.9 Å². The molecule has 0 aliphatic heterocycles. The Hall–Kier alpha value is -1.84. The molecule has 16 heavy (non-hydrogen) atoms. The molecule has 0 aromatic carbocycles. The molecule has 0 saturated heterocycles. The van der Waals surface area contributed by atoms with Gasteiger partial charge in [-0.15, -0.1) is 0 Å². The lowest BCUT2D eigenvalue weighted by atomic mass is 10.2. The van der Waals surface area contributed by atoms with Gasteiger partial charge in [-0.2, -0.15) is 0 Å². The number of aromatic nitrogens is 2. The first-order valence-electron chi connectivity index (χ1n) is 5.23. The summed E-state index contributed by atoms with van der Waals surface area (Å²) >= 11 is 0. The van der Waals surface area contributed by atoms with Gasteiger partial charge >= 0.3 is 5.97 Å². The molecule has 0 bridgehead atoms. The molecule has 2 heterocycles. The molecular weight excluding hydrogens is 204 g/mol. The number of hydrogen-bond acceptors (Lipinski definition) is 3. The maximum absolute atomic E-state index is 11.4. The van der Waals surface area contributed by atoms with Crippen molar-refractivity contribution in [3.63, 3.8) is 0 Å². The number of methoxy groups -OCH3 is 1. The summed E-state index contributed by atoms with van der Waals surface area (Å²) in [7, 11) is 1.38. The van der Waals surface area contributed by atoms with E-state index in [0.717, 1.165) is 23.5 Å². The van der Waals surface area contributed by atoms with Gasteiger partial charge in [0.1, 0.15) is 5.65 Å². The van der Waals surface area contributed by atoms with E-state index in [9.17, 15) is 4.79 Å². The van der Waals surface area contributed by atoms with E-state index in [0.29, 0.717) is 5.56 Å². The maximum Gasteiger partial charge on any atom is 0.339 e. The summed E-state index contributed by atoms with van der Waals surface area (Å²) in [4.78, 5) is 15.9. The Kier molecular flexibility index (Phi) is 2.64. The van der Waals surface area contributed by atoms with Crippen LogP contribution in [0.2, 0.25) is 0 Å². The molecular formula is C12H14N2O2. The first-order chi connectivity index (χ1) is 7.67. The molecule has 2 aromatic rings. The van der Waals surface area contributed by atoms with Gasteiger partial charge in [0.2, 0.25) is 0 Å². The van der Waals surface area contributed by atoms with E-state index in [-0.39, 0.29) is 5.97 Å². The van der Waals surface area contributed by atoms with Crippen molar-refractivity contribution >= 4 is 11.6 Å². The zero-order valence-corrected chi connectivity index (χ0v) is 9.65. The zero-order valence-electron chi connectivity index (χ0n) is 9.65. The normalized spacial score (nSPS) is 10.7. The van der Waals surface area contributed by atoms with Crippen molar-refractivity contribution < 1.29 is 9.53 Å². The van der Waals surface area contributed by atoms with Gasteiger partial charge in [-0.05, 0) is 25.5 Å². The largest absolute Gasteiger partial charge is 0.465 e. The number of imidazole rings is 1. The predicted octanol–water partition coefficient (Wildman–Crippen LogP) is 1.99. The smallest absolute Gasteiger partial charge is 0.339 e. The highest BCUT2D eigenvalue weighted by Gasteiger charge is 2.10. The van der Waals surface area contributed by atoms with E-state index in [1.165, 1.54) is 7.11 Å². The van der Waals surface area contributed by atoms with E-state index in [1.54, 1.807) is 12.3 Å². The van der Waals surface area contributed by atoms with Gasteiger partial charge in [0.05, 0.1) is 18.4 Å². The van der Waals surface area contributed by atoms with Crippen LogP contribution in [0.4, 0.5) is 0 Å². The van der Waals surface area contributed by atoms with Crippen LogP contribution in [-0.2, 0) is 11.2 Å². The lowest BCUT2D eigenvalue weighted by Crippen LogP contribution is -2.03. The summed E-state index contributed by atoms with van der Waals surface area (Å²) in [6, 6.07) is 3.56. The second-order valence-electron chi connectivity index (χ2n) is 3.64. The van der Waals surface area contributed by atoms with Crippen LogP contribution in [0.1, 0.15) is 28.7 Å². The van der Waals surface area contributed by atoms with E-state index in [1.807, 2.05) is 17.4 Å². The third kappa shape index (κ3) is 1.56. The van der Waals surface area contributed by atoms with Crippen LogP contribution in [0, 0.1) is 6.92 Å². The minimum absolute atomic E-state index is 0.326. The second kappa shape index (κ2) is 3.96. The van der Waals surface area contributed by atoms with Gasteiger partial charge in [0.15, 0.2) is 0 Å². The fourth-order valence-electron chi connectivity index (χ4n) is 1.78. The molecule has 2 aromatic heterocycles. The van der Waals surface area contributed by atoms with Crippen LogP contribution in [0.25, 0.3) is 5.65 Å². The number of pyridine rings is 1. The van der Waals surface area contributed by atoms with E-state index in [4.69, 9.17) is 0 Å².